The third kappa shape index (κ3) is 5.74. The predicted octanol–water partition coefficient (Wildman–Crippen LogP) is 4.44. The quantitative estimate of drug-likeness (QED) is 0.641. The van der Waals surface area contributed by atoms with Gasteiger partial charge in [0.2, 0.25) is 5.91 Å². The number of carbonyl (C=O) groups excluding carboxylic acids is 1. The number of likely N-dealkylation sites (tertiary alicyclic amines) is 1. The highest BCUT2D eigenvalue weighted by Crippen LogP contribution is 2.37. The first-order valence-electron chi connectivity index (χ1n) is 12.0. The number of amides is 1. The summed E-state index contributed by atoms with van der Waals surface area (Å²) in [5.74, 6) is 0.442. The number of ether oxygens (including phenoxy) is 2. The van der Waals surface area contributed by atoms with Gasteiger partial charge in [-0.2, -0.15) is 0 Å². The van der Waals surface area contributed by atoms with Crippen molar-refractivity contribution < 1.29 is 18.7 Å². The van der Waals surface area contributed by atoms with E-state index < -0.39 is 5.41 Å². The molecule has 6 heteroatoms. The number of nitrogens with zero attached hydrogens (tertiary/aromatic N) is 1. The van der Waals surface area contributed by atoms with Crippen LogP contribution >= 0.6 is 0 Å². The van der Waals surface area contributed by atoms with Crippen LogP contribution in [-0.2, 0) is 16.0 Å². The zero-order valence-corrected chi connectivity index (χ0v) is 19.7. The normalized spacial score (nSPS) is 19.2. The molecule has 4 rings (SSSR count). The highest BCUT2D eigenvalue weighted by molar-refractivity contribution is 5.83. The van der Waals surface area contributed by atoms with Crippen molar-refractivity contribution in [2.45, 2.75) is 45.1 Å². The number of carbonyl (C=O) groups is 1. The van der Waals surface area contributed by atoms with Crippen molar-refractivity contribution in [3.05, 3.63) is 53.8 Å². The first kappa shape index (κ1) is 23.7. The fourth-order valence-electron chi connectivity index (χ4n) is 5.17. The Morgan fingerprint density at radius 2 is 1.94 bits per heavy atom. The van der Waals surface area contributed by atoms with Gasteiger partial charge in [0.05, 0.1) is 12.5 Å². The van der Waals surface area contributed by atoms with E-state index in [0.29, 0.717) is 43.8 Å². The van der Waals surface area contributed by atoms with Gasteiger partial charge >= 0.3 is 0 Å². The highest BCUT2D eigenvalue weighted by Gasteiger charge is 2.40. The van der Waals surface area contributed by atoms with Crippen LogP contribution in [0.5, 0.6) is 5.75 Å². The van der Waals surface area contributed by atoms with E-state index in [4.69, 9.17) is 9.47 Å². The maximum Gasteiger partial charge on any atom is 0.226 e. The largest absolute Gasteiger partial charge is 0.496 e. The molecule has 2 fully saturated rings. The van der Waals surface area contributed by atoms with Gasteiger partial charge in [-0.3, -0.25) is 4.79 Å². The Morgan fingerprint density at radius 3 is 2.67 bits per heavy atom. The van der Waals surface area contributed by atoms with Crippen molar-refractivity contribution >= 4 is 5.91 Å². The fourth-order valence-corrected chi connectivity index (χ4v) is 5.17. The molecule has 178 valence electrons. The second-order valence-electron chi connectivity index (χ2n) is 9.50. The average molecular weight is 455 g/mol. The van der Waals surface area contributed by atoms with Gasteiger partial charge in [0.25, 0.3) is 0 Å². The van der Waals surface area contributed by atoms with Crippen LogP contribution in [0.1, 0.15) is 38.2 Å². The smallest absolute Gasteiger partial charge is 0.226 e. The Bertz CT molecular complexity index is 952. The molecule has 33 heavy (non-hydrogen) atoms. The van der Waals surface area contributed by atoms with Crippen LogP contribution in [0.25, 0.3) is 11.1 Å². The lowest BCUT2D eigenvalue weighted by molar-refractivity contribution is -0.137. The van der Waals surface area contributed by atoms with E-state index in [1.54, 1.807) is 13.2 Å². The summed E-state index contributed by atoms with van der Waals surface area (Å²) >= 11 is 0. The molecule has 5 nitrogen and oxygen atoms in total. The number of benzene rings is 2. The van der Waals surface area contributed by atoms with E-state index in [-0.39, 0.29) is 17.8 Å². The molecular formula is C27H35FN2O3. The lowest BCUT2D eigenvalue weighted by Gasteiger charge is -2.37. The lowest BCUT2D eigenvalue weighted by atomic mass is 9.74. The topological polar surface area (TPSA) is 50.8 Å². The van der Waals surface area contributed by atoms with Crippen molar-refractivity contribution in [2.75, 3.05) is 40.0 Å². The van der Waals surface area contributed by atoms with Gasteiger partial charge in [0.1, 0.15) is 11.6 Å². The molecule has 1 amide bonds. The summed E-state index contributed by atoms with van der Waals surface area (Å²) in [6.45, 7) is 6.41. The van der Waals surface area contributed by atoms with Crippen LogP contribution < -0.4 is 10.1 Å². The first-order valence-corrected chi connectivity index (χ1v) is 12.0. The SMILES string of the molecule is COc1ccc(F)cc1-c1cccc(CC2(C(=O)N[C@H](C)CN3CCCC3)CCOCC2)c1. The maximum atomic E-state index is 14.0. The van der Waals surface area contributed by atoms with Crippen molar-refractivity contribution in [1.82, 2.24) is 10.2 Å². The van der Waals surface area contributed by atoms with Gasteiger partial charge in [0, 0.05) is 31.4 Å². The summed E-state index contributed by atoms with van der Waals surface area (Å²) in [6.07, 6.45) is 4.51. The van der Waals surface area contributed by atoms with Crippen LogP contribution in [0, 0.1) is 11.2 Å². The maximum absolute atomic E-state index is 14.0. The number of nitrogens with one attached hydrogen (secondary N) is 1. The van der Waals surface area contributed by atoms with E-state index in [1.807, 2.05) is 18.2 Å². The minimum absolute atomic E-state index is 0.109. The van der Waals surface area contributed by atoms with Gasteiger partial charge in [-0.1, -0.05) is 24.3 Å². The molecule has 2 aromatic rings. The Hall–Kier alpha value is -2.44. The summed E-state index contributed by atoms with van der Waals surface area (Å²) in [5, 5.41) is 3.30. The molecule has 0 saturated carbocycles. The van der Waals surface area contributed by atoms with Gasteiger partial charge in [0.15, 0.2) is 0 Å². The molecular weight excluding hydrogens is 419 g/mol. The minimum Gasteiger partial charge on any atom is -0.496 e. The van der Waals surface area contributed by atoms with E-state index in [1.165, 1.54) is 25.0 Å². The summed E-state index contributed by atoms with van der Waals surface area (Å²) in [5.41, 5.74) is 2.16. The van der Waals surface area contributed by atoms with Gasteiger partial charge in [-0.05, 0) is 81.4 Å². The summed E-state index contributed by atoms with van der Waals surface area (Å²) in [6, 6.07) is 12.7. The monoisotopic (exact) mass is 454 g/mol. The van der Waals surface area contributed by atoms with Crippen molar-refractivity contribution in [1.29, 1.82) is 0 Å². The number of rotatable bonds is 8. The second-order valence-corrected chi connectivity index (χ2v) is 9.50. The predicted molar refractivity (Wildman–Crippen MR) is 128 cm³/mol. The first-order chi connectivity index (χ1) is 16.0. The highest BCUT2D eigenvalue weighted by atomic mass is 19.1. The molecule has 2 heterocycles. The summed E-state index contributed by atoms with van der Waals surface area (Å²) in [7, 11) is 1.59. The molecule has 1 N–H and O–H groups in total. The lowest BCUT2D eigenvalue weighted by Crippen LogP contribution is -2.51. The van der Waals surface area contributed by atoms with Gasteiger partial charge < -0.3 is 19.7 Å². The van der Waals surface area contributed by atoms with Gasteiger partial charge in [-0.25, -0.2) is 4.39 Å². The average Bonchev–Trinajstić information content (AvgIpc) is 3.32. The molecule has 2 aromatic carbocycles. The molecule has 2 aliphatic heterocycles. The minimum atomic E-state index is -0.498. The Labute approximate surface area is 196 Å². The number of hydrogen-bond donors (Lipinski definition) is 1. The molecule has 2 aliphatic rings. The van der Waals surface area contributed by atoms with E-state index >= 15 is 0 Å². The van der Waals surface area contributed by atoms with E-state index in [9.17, 15) is 9.18 Å². The Morgan fingerprint density at radius 1 is 1.18 bits per heavy atom. The van der Waals surface area contributed by atoms with Crippen molar-refractivity contribution in [3.8, 4) is 16.9 Å². The van der Waals surface area contributed by atoms with E-state index in [2.05, 4.69) is 23.2 Å². The zero-order chi connectivity index (χ0) is 23.3. The van der Waals surface area contributed by atoms with E-state index in [0.717, 1.165) is 30.8 Å². The zero-order valence-electron chi connectivity index (χ0n) is 19.7. The van der Waals surface area contributed by atoms with Crippen LogP contribution in [0.2, 0.25) is 0 Å². The van der Waals surface area contributed by atoms with Crippen LogP contribution in [-0.4, -0.2) is 56.8 Å². The van der Waals surface area contributed by atoms with Crippen LogP contribution in [0.4, 0.5) is 4.39 Å². The number of hydrogen-bond acceptors (Lipinski definition) is 4. The molecule has 0 aliphatic carbocycles. The molecule has 1 atom stereocenters. The second kappa shape index (κ2) is 10.7. The Kier molecular flexibility index (Phi) is 7.66. The standard InChI is InChI=1S/C27H35FN2O3/c1-20(19-30-12-3-4-13-30)29-26(31)27(10-14-33-15-11-27)18-21-6-5-7-22(16-21)24-17-23(28)8-9-25(24)32-2/h5-9,16-17,20H,3-4,10-15,18-19H2,1-2H3,(H,29,31)/t20-/m1/s1. The van der Waals surface area contributed by atoms with Crippen LogP contribution in [0.3, 0.4) is 0 Å². The molecule has 0 aromatic heterocycles. The summed E-state index contributed by atoms with van der Waals surface area (Å²) in [4.78, 5) is 16.0. The summed E-state index contributed by atoms with van der Waals surface area (Å²) < 4.78 is 25.0. The molecule has 2 saturated heterocycles. The molecule has 0 radical (unpaired) electrons. The fraction of sp³-hybridized carbons (Fsp3) is 0.519. The molecule has 0 unspecified atom stereocenters. The van der Waals surface area contributed by atoms with Gasteiger partial charge in [-0.15, -0.1) is 0 Å². The number of halogens is 1. The number of methoxy groups -OCH3 is 1. The molecule has 0 bridgehead atoms. The van der Waals surface area contributed by atoms with Crippen LogP contribution in [0.15, 0.2) is 42.5 Å². The third-order valence-corrected chi connectivity index (χ3v) is 6.98. The molecule has 0 spiro atoms. The van der Waals surface area contributed by atoms with Crippen molar-refractivity contribution in [2.24, 2.45) is 5.41 Å². The Balaban J connectivity index is 1.53. The van der Waals surface area contributed by atoms with Crippen molar-refractivity contribution in [3.63, 3.8) is 0 Å². The third-order valence-electron chi connectivity index (χ3n) is 6.98.